The van der Waals surface area contributed by atoms with Gasteiger partial charge in [-0.25, -0.2) is 4.98 Å². The summed E-state index contributed by atoms with van der Waals surface area (Å²) in [5, 5.41) is 2.10. The minimum atomic E-state index is -4.49. The molecule has 0 saturated carbocycles. The fourth-order valence-electron chi connectivity index (χ4n) is 2.26. The minimum absolute atomic E-state index is 0.0757. The lowest BCUT2D eigenvalue weighted by Gasteiger charge is -2.21. The quantitative estimate of drug-likeness (QED) is 0.489. The molecule has 2 rings (SSSR count). The molecule has 1 aromatic rings. The van der Waals surface area contributed by atoms with Crippen LogP contribution in [0.2, 0.25) is 0 Å². The molecule has 0 aliphatic carbocycles. The van der Waals surface area contributed by atoms with Crippen molar-refractivity contribution in [3.05, 3.63) is 23.4 Å². The first-order chi connectivity index (χ1) is 9.47. The van der Waals surface area contributed by atoms with Crippen LogP contribution in [0.15, 0.2) is 17.3 Å². The second-order valence-electron chi connectivity index (χ2n) is 4.34. The van der Waals surface area contributed by atoms with Crippen LogP contribution < -0.4 is 0 Å². The third-order valence-electron chi connectivity index (χ3n) is 3.16. The molecule has 1 amide bonds. The first kappa shape index (κ1) is 14.6. The van der Waals surface area contributed by atoms with Crippen molar-refractivity contribution in [3.63, 3.8) is 0 Å². The molecule has 1 aliphatic rings. The van der Waals surface area contributed by atoms with Gasteiger partial charge in [0.05, 0.1) is 16.8 Å². The summed E-state index contributed by atoms with van der Waals surface area (Å²) in [6, 6.07) is 0.523. The number of carbonyl (C=O) groups is 1. The molecule has 20 heavy (non-hydrogen) atoms. The highest BCUT2D eigenvalue weighted by Gasteiger charge is 2.34. The summed E-state index contributed by atoms with van der Waals surface area (Å²) < 4.78 is 38.3. The molecule has 1 unspecified atom stereocenters. The van der Waals surface area contributed by atoms with Gasteiger partial charge in [-0.15, -0.1) is 0 Å². The van der Waals surface area contributed by atoms with E-state index in [1.165, 1.54) is 4.90 Å². The van der Waals surface area contributed by atoms with Crippen LogP contribution in [0.1, 0.15) is 30.0 Å². The number of carbonyl (C=O) groups excluding carboxylic acids is 1. The second-order valence-corrected chi connectivity index (χ2v) is 4.52. The van der Waals surface area contributed by atoms with Gasteiger partial charge in [0.2, 0.25) is 6.41 Å². The maximum absolute atomic E-state index is 12.8. The number of likely N-dealkylation sites (tertiary alicyclic amines) is 1. The molecule has 1 aliphatic heterocycles. The standard InChI is InChI=1S/C12H10F3N3OS/c13-12(14,15)8-4-9(11(16-5-8)17-6-20)10-2-1-3-18(10)7-19/h4-5,7,10H,1-3H2. The average Bonchev–Trinajstić information content (AvgIpc) is 2.86. The number of pyridine rings is 1. The molecule has 1 aromatic heterocycles. The maximum atomic E-state index is 12.8. The highest BCUT2D eigenvalue weighted by molar-refractivity contribution is 7.78. The fraction of sp³-hybridized carbons (Fsp3) is 0.417. The Morgan fingerprint density at radius 3 is 2.90 bits per heavy atom. The van der Waals surface area contributed by atoms with Crippen LogP contribution in [0.4, 0.5) is 19.0 Å². The van der Waals surface area contributed by atoms with Gasteiger partial charge in [-0.3, -0.25) is 4.79 Å². The van der Waals surface area contributed by atoms with Gasteiger partial charge in [0.1, 0.15) is 0 Å². The summed E-state index contributed by atoms with van der Waals surface area (Å²) in [5.41, 5.74) is -0.615. The van der Waals surface area contributed by atoms with Gasteiger partial charge in [-0.2, -0.15) is 18.2 Å². The number of nitrogens with zero attached hydrogens (tertiary/aromatic N) is 3. The Bertz CT molecular complexity index is 570. The average molecular weight is 301 g/mol. The molecule has 1 atom stereocenters. The number of aromatic nitrogens is 1. The van der Waals surface area contributed by atoms with Crippen molar-refractivity contribution in [1.82, 2.24) is 9.88 Å². The van der Waals surface area contributed by atoms with Crippen molar-refractivity contribution >= 4 is 29.6 Å². The predicted molar refractivity (Wildman–Crippen MR) is 68.7 cm³/mol. The topological polar surface area (TPSA) is 45.6 Å². The van der Waals surface area contributed by atoms with Crippen LogP contribution in [0.5, 0.6) is 0 Å². The zero-order valence-corrected chi connectivity index (χ0v) is 11.0. The van der Waals surface area contributed by atoms with Crippen LogP contribution >= 0.6 is 12.2 Å². The number of halogens is 3. The summed E-state index contributed by atoms with van der Waals surface area (Å²) >= 11 is 4.47. The van der Waals surface area contributed by atoms with E-state index in [1.807, 2.05) is 0 Å². The van der Waals surface area contributed by atoms with E-state index in [2.05, 4.69) is 27.4 Å². The molecule has 0 radical (unpaired) electrons. The molecule has 0 spiro atoms. The van der Waals surface area contributed by atoms with Crippen molar-refractivity contribution in [2.45, 2.75) is 25.1 Å². The van der Waals surface area contributed by atoms with Gasteiger partial charge in [0.15, 0.2) is 5.82 Å². The van der Waals surface area contributed by atoms with Gasteiger partial charge in [0, 0.05) is 18.3 Å². The summed E-state index contributed by atoms with van der Waals surface area (Å²) in [5.74, 6) is 0.0757. The summed E-state index contributed by atoms with van der Waals surface area (Å²) in [7, 11) is 0. The Morgan fingerprint density at radius 1 is 1.55 bits per heavy atom. The van der Waals surface area contributed by atoms with Gasteiger partial charge >= 0.3 is 6.18 Å². The Kier molecular flexibility index (Phi) is 4.15. The van der Waals surface area contributed by atoms with E-state index in [1.54, 1.807) is 0 Å². The number of hydrogen-bond acceptors (Lipinski definition) is 4. The number of isothiocyanates is 1. The van der Waals surface area contributed by atoms with Crippen LogP contribution in [-0.4, -0.2) is 28.0 Å². The smallest absolute Gasteiger partial charge is 0.338 e. The summed E-state index contributed by atoms with van der Waals surface area (Å²) in [6.07, 6.45) is -1.87. The van der Waals surface area contributed by atoms with E-state index >= 15 is 0 Å². The van der Waals surface area contributed by atoms with E-state index in [-0.39, 0.29) is 11.4 Å². The summed E-state index contributed by atoms with van der Waals surface area (Å²) in [4.78, 5) is 19.8. The van der Waals surface area contributed by atoms with E-state index in [0.717, 1.165) is 12.5 Å². The lowest BCUT2D eigenvalue weighted by Crippen LogP contribution is -2.22. The fourth-order valence-corrected chi connectivity index (χ4v) is 2.35. The Morgan fingerprint density at radius 2 is 2.30 bits per heavy atom. The van der Waals surface area contributed by atoms with E-state index < -0.39 is 17.8 Å². The van der Waals surface area contributed by atoms with Crippen molar-refractivity contribution in [2.24, 2.45) is 4.99 Å². The van der Waals surface area contributed by atoms with E-state index in [4.69, 9.17) is 0 Å². The molecule has 8 heteroatoms. The first-order valence-electron chi connectivity index (χ1n) is 5.83. The number of hydrogen-bond donors (Lipinski definition) is 0. The van der Waals surface area contributed by atoms with E-state index in [9.17, 15) is 18.0 Å². The predicted octanol–water partition coefficient (Wildman–Crippen LogP) is 3.13. The minimum Gasteiger partial charge on any atom is -0.338 e. The maximum Gasteiger partial charge on any atom is 0.417 e. The molecule has 1 fully saturated rings. The van der Waals surface area contributed by atoms with Crippen molar-refractivity contribution in [3.8, 4) is 0 Å². The molecule has 4 nitrogen and oxygen atoms in total. The van der Waals surface area contributed by atoms with Crippen LogP contribution in [-0.2, 0) is 11.0 Å². The molecule has 106 valence electrons. The van der Waals surface area contributed by atoms with Gasteiger partial charge in [0.25, 0.3) is 0 Å². The highest BCUT2D eigenvalue weighted by atomic mass is 32.1. The molecular formula is C12H10F3N3OS. The summed E-state index contributed by atoms with van der Waals surface area (Å²) in [6.45, 7) is 0.505. The number of thiocarbonyl (C=S) groups is 1. The molecule has 0 N–H and O–H groups in total. The number of alkyl halides is 3. The largest absolute Gasteiger partial charge is 0.417 e. The molecular weight excluding hydrogens is 291 g/mol. The van der Waals surface area contributed by atoms with Crippen molar-refractivity contribution in [1.29, 1.82) is 0 Å². The van der Waals surface area contributed by atoms with E-state index in [0.29, 0.717) is 25.6 Å². The molecule has 1 saturated heterocycles. The van der Waals surface area contributed by atoms with Crippen molar-refractivity contribution < 1.29 is 18.0 Å². The lowest BCUT2D eigenvalue weighted by molar-refractivity contribution is -0.137. The second kappa shape index (κ2) is 5.68. The zero-order valence-electron chi connectivity index (χ0n) is 10.2. The molecule has 0 bridgehead atoms. The Labute approximate surface area is 118 Å². The molecule has 2 heterocycles. The SMILES string of the molecule is O=CN1CCCC1c1cc(C(F)(F)F)cnc1N=C=S. The lowest BCUT2D eigenvalue weighted by atomic mass is 10.0. The van der Waals surface area contributed by atoms with Crippen LogP contribution in [0.25, 0.3) is 0 Å². The number of amides is 1. The Hall–Kier alpha value is -1.79. The first-order valence-corrected chi connectivity index (χ1v) is 6.24. The number of aliphatic imine (C=N–C) groups is 1. The van der Waals surface area contributed by atoms with Gasteiger partial charge in [-0.05, 0) is 31.1 Å². The molecule has 0 aromatic carbocycles. The van der Waals surface area contributed by atoms with Crippen LogP contribution in [0.3, 0.4) is 0 Å². The highest BCUT2D eigenvalue weighted by Crippen LogP contribution is 2.38. The van der Waals surface area contributed by atoms with Crippen molar-refractivity contribution in [2.75, 3.05) is 6.54 Å². The monoisotopic (exact) mass is 301 g/mol. The van der Waals surface area contributed by atoms with Gasteiger partial charge in [-0.1, -0.05) is 0 Å². The zero-order chi connectivity index (χ0) is 14.8. The third-order valence-corrected chi connectivity index (χ3v) is 3.25. The number of rotatable bonds is 3. The van der Waals surface area contributed by atoms with Gasteiger partial charge < -0.3 is 4.90 Å². The normalized spacial score (nSPS) is 18.8. The third kappa shape index (κ3) is 2.86. The Balaban J connectivity index is 2.52. The van der Waals surface area contributed by atoms with Crippen LogP contribution in [0, 0.1) is 0 Å².